The van der Waals surface area contributed by atoms with Gasteiger partial charge >= 0.3 is 0 Å². The molecule has 7 nitrogen and oxygen atoms in total. The summed E-state index contributed by atoms with van der Waals surface area (Å²) in [6.07, 6.45) is 2.50. The Balaban J connectivity index is 1.56. The Kier molecular flexibility index (Phi) is 5.55. The summed E-state index contributed by atoms with van der Waals surface area (Å²) in [6, 6.07) is 0. The van der Waals surface area contributed by atoms with Crippen molar-refractivity contribution in [3.05, 3.63) is 0 Å². The molecule has 3 saturated heterocycles. The molecule has 0 aromatic carbocycles. The van der Waals surface area contributed by atoms with Gasteiger partial charge in [-0.25, -0.2) is 0 Å². The number of hydrogen-bond donors (Lipinski definition) is 0. The van der Waals surface area contributed by atoms with E-state index in [2.05, 4.69) is 0 Å². The molecule has 7 heteroatoms. The Morgan fingerprint density at radius 2 is 1.65 bits per heavy atom. The molecular weight excluding hydrogens is 334 g/mol. The molecule has 3 rings (SSSR count). The zero-order valence-corrected chi connectivity index (χ0v) is 16.2. The maximum Gasteiger partial charge on any atom is 0.251 e. The van der Waals surface area contributed by atoms with Crippen molar-refractivity contribution >= 4 is 17.7 Å². The third-order valence-corrected chi connectivity index (χ3v) is 5.61. The number of rotatable bonds is 2. The molecule has 0 aromatic rings. The number of ether oxygens (including phenoxy) is 1. The van der Waals surface area contributed by atoms with Crippen LogP contribution in [0.5, 0.6) is 0 Å². The molecule has 3 aliphatic rings. The van der Waals surface area contributed by atoms with Crippen molar-refractivity contribution in [2.75, 3.05) is 39.3 Å². The van der Waals surface area contributed by atoms with Gasteiger partial charge in [0, 0.05) is 51.3 Å². The molecule has 0 spiro atoms. The van der Waals surface area contributed by atoms with Gasteiger partial charge in [0.1, 0.15) is 6.10 Å². The SMILES string of the molecule is CC(C)(C)N1CC(C(=O)N2CCCN(C(=O)C3CCCO3)CC2)CC1=O. The van der Waals surface area contributed by atoms with Crippen LogP contribution in [0, 0.1) is 5.92 Å². The second kappa shape index (κ2) is 7.55. The summed E-state index contributed by atoms with van der Waals surface area (Å²) in [7, 11) is 0. The van der Waals surface area contributed by atoms with Crippen LogP contribution in [-0.2, 0) is 19.1 Å². The van der Waals surface area contributed by atoms with Crippen LogP contribution >= 0.6 is 0 Å². The van der Waals surface area contributed by atoms with Gasteiger partial charge in [0.2, 0.25) is 11.8 Å². The van der Waals surface area contributed by atoms with Crippen molar-refractivity contribution in [3.63, 3.8) is 0 Å². The van der Waals surface area contributed by atoms with E-state index in [1.807, 2.05) is 30.6 Å². The minimum Gasteiger partial charge on any atom is -0.368 e. The lowest BCUT2D eigenvalue weighted by molar-refractivity contribution is -0.141. The summed E-state index contributed by atoms with van der Waals surface area (Å²) in [5.74, 6) is -0.0914. The van der Waals surface area contributed by atoms with Crippen molar-refractivity contribution in [1.82, 2.24) is 14.7 Å². The molecule has 0 bridgehead atoms. The van der Waals surface area contributed by atoms with E-state index in [0.29, 0.717) is 45.8 Å². The summed E-state index contributed by atoms with van der Waals surface area (Å²) >= 11 is 0. The van der Waals surface area contributed by atoms with Crippen LogP contribution in [0.25, 0.3) is 0 Å². The highest BCUT2D eigenvalue weighted by Crippen LogP contribution is 2.27. The molecule has 0 aliphatic carbocycles. The molecular formula is C19H31N3O4. The molecule has 146 valence electrons. The van der Waals surface area contributed by atoms with Gasteiger partial charge in [-0.2, -0.15) is 0 Å². The Labute approximate surface area is 155 Å². The van der Waals surface area contributed by atoms with E-state index in [1.54, 1.807) is 4.90 Å². The zero-order chi connectivity index (χ0) is 18.9. The summed E-state index contributed by atoms with van der Waals surface area (Å²) in [6.45, 7) is 9.56. The first-order chi connectivity index (χ1) is 12.3. The molecule has 3 aliphatic heterocycles. The quantitative estimate of drug-likeness (QED) is 0.728. The standard InChI is InChI=1S/C19H31N3O4/c1-19(2,3)22-13-14(12-16(22)23)17(24)20-7-5-8-21(10-9-20)18(25)15-6-4-11-26-15/h14-15H,4-13H2,1-3H3. The fraction of sp³-hybridized carbons (Fsp3) is 0.842. The van der Waals surface area contributed by atoms with Gasteiger partial charge in [-0.3, -0.25) is 14.4 Å². The number of likely N-dealkylation sites (tertiary alicyclic amines) is 1. The Morgan fingerprint density at radius 1 is 1.00 bits per heavy atom. The van der Waals surface area contributed by atoms with Crippen LogP contribution in [0.2, 0.25) is 0 Å². The van der Waals surface area contributed by atoms with E-state index in [9.17, 15) is 14.4 Å². The molecule has 0 aromatic heterocycles. The van der Waals surface area contributed by atoms with Crippen LogP contribution in [-0.4, -0.2) is 83.4 Å². The number of nitrogens with zero attached hydrogens (tertiary/aromatic N) is 3. The second-order valence-electron chi connectivity index (χ2n) is 8.58. The molecule has 2 atom stereocenters. The van der Waals surface area contributed by atoms with Gasteiger partial charge in [0.25, 0.3) is 5.91 Å². The average Bonchev–Trinajstić information content (AvgIpc) is 3.17. The smallest absolute Gasteiger partial charge is 0.251 e. The van der Waals surface area contributed by atoms with Gasteiger partial charge in [-0.15, -0.1) is 0 Å². The summed E-state index contributed by atoms with van der Waals surface area (Å²) < 4.78 is 5.51. The van der Waals surface area contributed by atoms with E-state index < -0.39 is 0 Å². The van der Waals surface area contributed by atoms with Crippen molar-refractivity contribution in [2.45, 2.75) is 58.1 Å². The van der Waals surface area contributed by atoms with E-state index in [1.165, 1.54) is 0 Å². The van der Waals surface area contributed by atoms with E-state index in [-0.39, 0.29) is 35.3 Å². The summed E-state index contributed by atoms with van der Waals surface area (Å²) in [5, 5.41) is 0. The number of hydrogen-bond acceptors (Lipinski definition) is 4. The summed E-state index contributed by atoms with van der Waals surface area (Å²) in [4.78, 5) is 43.2. The Morgan fingerprint density at radius 3 is 2.19 bits per heavy atom. The number of carbonyl (C=O) groups is 3. The normalized spacial score (nSPS) is 27.8. The van der Waals surface area contributed by atoms with Crippen LogP contribution in [0.3, 0.4) is 0 Å². The predicted molar refractivity (Wildman–Crippen MR) is 96.3 cm³/mol. The van der Waals surface area contributed by atoms with Gasteiger partial charge in [0.05, 0.1) is 5.92 Å². The lowest BCUT2D eigenvalue weighted by atomic mass is 10.1. The highest BCUT2D eigenvalue weighted by molar-refractivity contribution is 5.89. The molecule has 0 N–H and O–H groups in total. The third-order valence-electron chi connectivity index (χ3n) is 5.61. The highest BCUT2D eigenvalue weighted by atomic mass is 16.5. The minimum absolute atomic E-state index is 0.0523. The lowest BCUT2D eigenvalue weighted by Gasteiger charge is -2.32. The first-order valence-electron chi connectivity index (χ1n) is 9.77. The number of carbonyl (C=O) groups excluding carboxylic acids is 3. The fourth-order valence-corrected chi connectivity index (χ4v) is 4.11. The largest absolute Gasteiger partial charge is 0.368 e. The first-order valence-corrected chi connectivity index (χ1v) is 9.77. The average molecular weight is 365 g/mol. The molecule has 0 radical (unpaired) electrons. The molecule has 2 unspecified atom stereocenters. The molecule has 3 heterocycles. The van der Waals surface area contributed by atoms with Crippen LogP contribution in [0.4, 0.5) is 0 Å². The van der Waals surface area contributed by atoms with Gasteiger partial charge < -0.3 is 19.4 Å². The Bertz CT molecular complexity index is 566. The van der Waals surface area contributed by atoms with Crippen molar-refractivity contribution < 1.29 is 19.1 Å². The molecule has 26 heavy (non-hydrogen) atoms. The highest BCUT2D eigenvalue weighted by Gasteiger charge is 2.41. The zero-order valence-electron chi connectivity index (χ0n) is 16.2. The maximum atomic E-state index is 12.9. The summed E-state index contributed by atoms with van der Waals surface area (Å²) in [5.41, 5.74) is -0.255. The van der Waals surface area contributed by atoms with Gasteiger partial charge in [-0.05, 0) is 40.0 Å². The van der Waals surface area contributed by atoms with Gasteiger partial charge in [-0.1, -0.05) is 0 Å². The van der Waals surface area contributed by atoms with E-state index in [4.69, 9.17) is 4.74 Å². The molecule has 0 saturated carbocycles. The third kappa shape index (κ3) is 4.03. The minimum atomic E-state index is -0.301. The monoisotopic (exact) mass is 365 g/mol. The lowest BCUT2D eigenvalue weighted by Crippen LogP contribution is -2.44. The molecule has 3 fully saturated rings. The van der Waals surface area contributed by atoms with Gasteiger partial charge in [0.15, 0.2) is 0 Å². The predicted octanol–water partition coefficient (Wildman–Crippen LogP) is 0.873. The van der Waals surface area contributed by atoms with Crippen LogP contribution in [0.15, 0.2) is 0 Å². The van der Waals surface area contributed by atoms with E-state index in [0.717, 1.165) is 19.3 Å². The molecule has 3 amide bonds. The topological polar surface area (TPSA) is 70.2 Å². The van der Waals surface area contributed by atoms with Crippen molar-refractivity contribution in [3.8, 4) is 0 Å². The second-order valence-corrected chi connectivity index (χ2v) is 8.58. The van der Waals surface area contributed by atoms with E-state index >= 15 is 0 Å². The maximum absolute atomic E-state index is 12.9. The van der Waals surface area contributed by atoms with Crippen LogP contribution < -0.4 is 0 Å². The number of amides is 3. The Hall–Kier alpha value is -1.63. The van der Waals surface area contributed by atoms with Crippen molar-refractivity contribution in [2.24, 2.45) is 5.92 Å². The fourth-order valence-electron chi connectivity index (χ4n) is 4.11. The van der Waals surface area contributed by atoms with Crippen molar-refractivity contribution in [1.29, 1.82) is 0 Å². The first kappa shape index (κ1) is 19.1. The van der Waals surface area contributed by atoms with Crippen LogP contribution in [0.1, 0.15) is 46.5 Å².